The molecule has 0 bridgehead atoms. The van der Waals surface area contributed by atoms with Crippen LogP contribution in [-0.4, -0.2) is 20.8 Å². The van der Waals surface area contributed by atoms with Crippen LogP contribution in [0, 0.1) is 11.3 Å². The van der Waals surface area contributed by atoms with Gasteiger partial charge in [0.05, 0.1) is 6.20 Å². The van der Waals surface area contributed by atoms with Crippen LogP contribution in [0.25, 0.3) is 0 Å². The van der Waals surface area contributed by atoms with Crippen molar-refractivity contribution < 1.29 is 4.79 Å². The van der Waals surface area contributed by atoms with Crippen molar-refractivity contribution in [2.75, 3.05) is 0 Å². The maximum absolute atomic E-state index is 12.2. The smallest absolute Gasteiger partial charge is 0.185 e. The van der Waals surface area contributed by atoms with Gasteiger partial charge in [-0.2, -0.15) is 0 Å². The summed E-state index contributed by atoms with van der Waals surface area (Å²) >= 11 is 0. The Balaban J connectivity index is 2.05. The molecule has 1 aliphatic rings. The molecule has 1 aliphatic carbocycles. The second kappa shape index (κ2) is 4.00. The molecule has 88 valence electrons. The van der Waals surface area contributed by atoms with E-state index in [1.807, 2.05) is 0 Å². The van der Waals surface area contributed by atoms with Crippen LogP contribution in [-0.2, 0) is 7.05 Å². The van der Waals surface area contributed by atoms with Gasteiger partial charge in [-0.25, -0.2) is 4.68 Å². The molecule has 4 heteroatoms. The number of ketones is 1. The van der Waals surface area contributed by atoms with Crippen molar-refractivity contribution in [3.8, 4) is 0 Å². The predicted octanol–water partition coefficient (Wildman–Crippen LogP) is 2.21. The van der Waals surface area contributed by atoms with Crippen molar-refractivity contribution in [3.63, 3.8) is 0 Å². The van der Waals surface area contributed by atoms with Crippen LogP contribution < -0.4 is 0 Å². The maximum Gasteiger partial charge on any atom is 0.185 e. The van der Waals surface area contributed by atoms with Crippen LogP contribution in [0.1, 0.15) is 50.0 Å². The molecule has 4 nitrogen and oxygen atoms in total. The first-order valence-electron chi connectivity index (χ1n) is 5.88. The molecule has 0 saturated heterocycles. The number of aromatic nitrogens is 3. The van der Waals surface area contributed by atoms with Gasteiger partial charge in [-0.15, -0.1) is 5.10 Å². The largest absolute Gasteiger partial charge is 0.292 e. The van der Waals surface area contributed by atoms with Crippen molar-refractivity contribution >= 4 is 5.78 Å². The Morgan fingerprint density at radius 1 is 1.44 bits per heavy atom. The molecule has 1 aromatic heterocycles. The van der Waals surface area contributed by atoms with Crippen LogP contribution in [0.5, 0.6) is 0 Å². The lowest BCUT2D eigenvalue weighted by molar-refractivity contribution is 0.0828. The summed E-state index contributed by atoms with van der Waals surface area (Å²) in [5.74, 6) is 0.383. The average Bonchev–Trinajstić information content (AvgIpc) is 2.63. The minimum absolute atomic E-state index is 0.172. The zero-order valence-corrected chi connectivity index (χ0v) is 10.2. The number of hydrogen-bond acceptors (Lipinski definition) is 3. The highest BCUT2D eigenvalue weighted by Crippen LogP contribution is 2.38. The Bertz CT molecular complexity index is 385. The molecule has 0 N–H and O–H groups in total. The van der Waals surface area contributed by atoms with Crippen LogP contribution in [0.2, 0.25) is 0 Å². The molecule has 0 radical (unpaired) electrons. The van der Waals surface area contributed by atoms with E-state index in [0.29, 0.717) is 11.1 Å². The molecule has 0 spiro atoms. The molecule has 16 heavy (non-hydrogen) atoms. The third-order valence-corrected chi connectivity index (χ3v) is 3.68. The molecule has 1 aromatic rings. The van der Waals surface area contributed by atoms with Crippen molar-refractivity contribution in [1.29, 1.82) is 0 Å². The number of carbonyl (C=O) groups excluding carboxylic acids is 1. The van der Waals surface area contributed by atoms with E-state index in [4.69, 9.17) is 0 Å². The summed E-state index contributed by atoms with van der Waals surface area (Å²) in [6.07, 6.45) is 5.83. The Morgan fingerprint density at radius 2 is 2.06 bits per heavy atom. The van der Waals surface area contributed by atoms with E-state index in [2.05, 4.69) is 24.2 Å². The van der Waals surface area contributed by atoms with Crippen molar-refractivity contribution in [2.24, 2.45) is 18.4 Å². The third kappa shape index (κ3) is 2.15. The summed E-state index contributed by atoms with van der Waals surface area (Å²) in [5, 5.41) is 7.57. The zero-order chi connectivity index (χ0) is 11.8. The highest BCUT2D eigenvalue weighted by molar-refractivity contribution is 5.96. The average molecular weight is 221 g/mol. The normalized spacial score (nSPS) is 20.9. The van der Waals surface area contributed by atoms with Crippen LogP contribution in [0.3, 0.4) is 0 Å². The van der Waals surface area contributed by atoms with Gasteiger partial charge >= 0.3 is 0 Å². The van der Waals surface area contributed by atoms with Crippen LogP contribution >= 0.6 is 0 Å². The number of aryl methyl sites for hydroxylation is 1. The minimum Gasteiger partial charge on any atom is -0.292 e. The van der Waals surface area contributed by atoms with Crippen LogP contribution in [0.15, 0.2) is 6.20 Å². The Labute approximate surface area is 96.0 Å². The van der Waals surface area contributed by atoms with Crippen molar-refractivity contribution in [2.45, 2.75) is 39.5 Å². The number of rotatable bonds is 2. The summed E-state index contributed by atoms with van der Waals surface area (Å²) in [6, 6.07) is 0. The maximum atomic E-state index is 12.2. The van der Waals surface area contributed by atoms with E-state index in [-0.39, 0.29) is 11.7 Å². The number of nitrogens with zero attached hydrogens (tertiary/aromatic N) is 3. The topological polar surface area (TPSA) is 47.8 Å². The lowest BCUT2D eigenvalue weighted by atomic mass is 9.72. The van der Waals surface area contributed by atoms with Crippen LogP contribution in [0.4, 0.5) is 0 Å². The quantitative estimate of drug-likeness (QED) is 0.719. The lowest BCUT2D eigenvalue weighted by Crippen LogP contribution is -2.27. The van der Waals surface area contributed by atoms with Gasteiger partial charge in [-0.3, -0.25) is 4.79 Å². The van der Waals surface area contributed by atoms with Crippen molar-refractivity contribution in [1.82, 2.24) is 15.0 Å². The van der Waals surface area contributed by atoms with Gasteiger partial charge in [0.1, 0.15) is 5.69 Å². The second-order valence-corrected chi connectivity index (χ2v) is 5.55. The monoisotopic (exact) mass is 221 g/mol. The molecular weight excluding hydrogens is 202 g/mol. The summed E-state index contributed by atoms with van der Waals surface area (Å²) in [5.41, 5.74) is 1.05. The van der Waals surface area contributed by atoms with Gasteiger partial charge in [0.15, 0.2) is 5.78 Å². The fourth-order valence-corrected chi connectivity index (χ4v) is 2.38. The number of Topliss-reactive ketones (excluding diaryl/α,β-unsaturated/α-hetero) is 1. The van der Waals surface area contributed by atoms with Gasteiger partial charge in [-0.05, 0) is 31.1 Å². The SMILES string of the molecule is Cn1nncc1C(=O)C1CCC(C)(C)CC1. The fourth-order valence-electron chi connectivity index (χ4n) is 2.38. The molecule has 1 fully saturated rings. The molecule has 0 aromatic carbocycles. The number of carbonyl (C=O) groups is 1. The Kier molecular flexibility index (Phi) is 2.82. The van der Waals surface area contributed by atoms with E-state index in [0.717, 1.165) is 25.7 Å². The summed E-state index contributed by atoms with van der Waals surface area (Å²) in [6.45, 7) is 4.55. The molecule has 0 unspecified atom stereocenters. The highest BCUT2D eigenvalue weighted by Gasteiger charge is 2.31. The predicted molar refractivity (Wildman–Crippen MR) is 61.1 cm³/mol. The van der Waals surface area contributed by atoms with E-state index in [9.17, 15) is 4.79 Å². The highest BCUT2D eigenvalue weighted by atomic mass is 16.1. The summed E-state index contributed by atoms with van der Waals surface area (Å²) < 4.78 is 1.57. The van der Waals surface area contributed by atoms with E-state index < -0.39 is 0 Å². The zero-order valence-electron chi connectivity index (χ0n) is 10.2. The molecule has 0 amide bonds. The van der Waals surface area contributed by atoms with Gasteiger partial charge in [0, 0.05) is 13.0 Å². The first-order valence-corrected chi connectivity index (χ1v) is 5.88. The van der Waals surface area contributed by atoms with Gasteiger partial charge in [0.2, 0.25) is 0 Å². The summed E-state index contributed by atoms with van der Waals surface area (Å²) in [4.78, 5) is 12.2. The lowest BCUT2D eigenvalue weighted by Gasteiger charge is -2.33. The van der Waals surface area contributed by atoms with E-state index in [1.165, 1.54) is 0 Å². The molecule has 1 heterocycles. The van der Waals surface area contributed by atoms with E-state index in [1.54, 1.807) is 17.9 Å². The van der Waals surface area contributed by atoms with E-state index >= 15 is 0 Å². The summed E-state index contributed by atoms with van der Waals surface area (Å²) in [7, 11) is 1.77. The second-order valence-electron chi connectivity index (χ2n) is 5.55. The Hall–Kier alpha value is -1.19. The molecule has 1 saturated carbocycles. The minimum atomic E-state index is 0.172. The third-order valence-electron chi connectivity index (χ3n) is 3.68. The Morgan fingerprint density at radius 3 is 2.56 bits per heavy atom. The number of hydrogen-bond donors (Lipinski definition) is 0. The van der Waals surface area contributed by atoms with Gasteiger partial charge < -0.3 is 0 Å². The standard InChI is InChI=1S/C12H19N3O/c1-12(2)6-4-9(5-7-12)11(16)10-8-13-14-15(10)3/h8-9H,4-7H2,1-3H3. The van der Waals surface area contributed by atoms with Crippen molar-refractivity contribution in [3.05, 3.63) is 11.9 Å². The molecular formula is C12H19N3O. The van der Waals surface area contributed by atoms with Gasteiger partial charge in [-0.1, -0.05) is 19.1 Å². The first-order chi connectivity index (χ1) is 7.49. The molecule has 0 aliphatic heterocycles. The molecule has 0 atom stereocenters. The van der Waals surface area contributed by atoms with Gasteiger partial charge in [0.25, 0.3) is 0 Å². The molecule has 2 rings (SSSR count). The first kappa shape index (κ1) is 11.3. The fraction of sp³-hybridized carbons (Fsp3) is 0.750.